The molecule has 0 saturated heterocycles. The first-order chi connectivity index (χ1) is 9.88. The van der Waals surface area contributed by atoms with Crippen molar-refractivity contribution in [1.82, 2.24) is 4.31 Å². The Balaban J connectivity index is 3.31. The van der Waals surface area contributed by atoms with Crippen molar-refractivity contribution < 1.29 is 13.2 Å². The van der Waals surface area contributed by atoms with Crippen LogP contribution in [0.15, 0.2) is 27.6 Å². The lowest BCUT2D eigenvalue weighted by molar-refractivity contribution is 0.321. The standard InChI is InChI=1S/C15H24BrNO3S/c1-5-7-10-17(12(3)6-2)21(18,19)15-11-13(16)8-9-14(15)20-4/h8-9,11-12H,5-7,10H2,1-4H3. The van der Waals surface area contributed by atoms with Gasteiger partial charge in [0.2, 0.25) is 10.0 Å². The second kappa shape index (κ2) is 8.15. The summed E-state index contributed by atoms with van der Waals surface area (Å²) >= 11 is 3.34. The minimum Gasteiger partial charge on any atom is -0.495 e. The number of ether oxygens (including phenoxy) is 1. The van der Waals surface area contributed by atoms with Gasteiger partial charge in [-0.3, -0.25) is 0 Å². The molecule has 0 bridgehead atoms. The minimum atomic E-state index is -3.57. The zero-order chi connectivity index (χ0) is 16.0. The maximum atomic E-state index is 13.0. The van der Waals surface area contributed by atoms with Crippen LogP contribution in [0.4, 0.5) is 0 Å². The third kappa shape index (κ3) is 4.44. The quantitative estimate of drug-likeness (QED) is 0.686. The largest absolute Gasteiger partial charge is 0.495 e. The van der Waals surface area contributed by atoms with E-state index in [0.29, 0.717) is 12.3 Å². The number of methoxy groups -OCH3 is 1. The number of rotatable bonds is 8. The van der Waals surface area contributed by atoms with Gasteiger partial charge in [0.25, 0.3) is 0 Å². The van der Waals surface area contributed by atoms with Gasteiger partial charge in [-0.25, -0.2) is 8.42 Å². The number of nitrogens with zero attached hydrogens (tertiary/aromatic N) is 1. The smallest absolute Gasteiger partial charge is 0.247 e. The molecule has 4 nitrogen and oxygen atoms in total. The molecule has 0 aromatic heterocycles. The summed E-state index contributed by atoms with van der Waals surface area (Å²) in [6.45, 7) is 6.53. The van der Waals surface area contributed by atoms with E-state index < -0.39 is 10.0 Å². The third-order valence-corrected chi connectivity index (χ3v) is 6.05. The SMILES string of the molecule is CCCCN(C(C)CC)S(=O)(=O)c1cc(Br)ccc1OC. The maximum Gasteiger partial charge on any atom is 0.247 e. The molecule has 0 saturated carbocycles. The van der Waals surface area contributed by atoms with Gasteiger partial charge >= 0.3 is 0 Å². The van der Waals surface area contributed by atoms with Gasteiger partial charge in [0.1, 0.15) is 10.6 Å². The van der Waals surface area contributed by atoms with Crippen LogP contribution < -0.4 is 4.74 Å². The summed E-state index contributed by atoms with van der Waals surface area (Å²) in [5.41, 5.74) is 0. The van der Waals surface area contributed by atoms with E-state index in [2.05, 4.69) is 22.9 Å². The van der Waals surface area contributed by atoms with Gasteiger partial charge in [-0.05, 0) is 38.0 Å². The van der Waals surface area contributed by atoms with Crippen molar-refractivity contribution >= 4 is 26.0 Å². The average Bonchev–Trinajstić information content (AvgIpc) is 2.47. The van der Waals surface area contributed by atoms with Crippen LogP contribution in [0.3, 0.4) is 0 Å². The molecule has 0 radical (unpaired) electrons. The van der Waals surface area contributed by atoms with E-state index in [-0.39, 0.29) is 10.9 Å². The number of halogens is 1. The molecule has 0 aliphatic heterocycles. The Labute approximate surface area is 136 Å². The third-order valence-electron chi connectivity index (χ3n) is 3.53. The lowest BCUT2D eigenvalue weighted by Gasteiger charge is -2.28. The zero-order valence-corrected chi connectivity index (χ0v) is 15.5. The van der Waals surface area contributed by atoms with E-state index in [9.17, 15) is 8.42 Å². The van der Waals surface area contributed by atoms with Crippen LogP contribution in [0.25, 0.3) is 0 Å². The first-order valence-electron chi connectivity index (χ1n) is 7.23. The van der Waals surface area contributed by atoms with Crippen LogP contribution in [0.1, 0.15) is 40.0 Å². The van der Waals surface area contributed by atoms with Crippen LogP contribution >= 0.6 is 15.9 Å². The molecule has 21 heavy (non-hydrogen) atoms. The summed E-state index contributed by atoms with van der Waals surface area (Å²) in [5, 5.41) is 0. The minimum absolute atomic E-state index is 0.0368. The fourth-order valence-electron chi connectivity index (χ4n) is 2.07. The molecule has 6 heteroatoms. The average molecular weight is 378 g/mol. The van der Waals surface area contributed by atoms with Gasteiger partial charge in [-0.15, -0.1) is 0 Å². The summed E-state index contributed by atoms with van der Waals surface area (Å²) in [4.78, 5) is 0.218. The van der Waals surface area contributed by atoms with Crippen molar-refractivity contribution in [2.24, 2.45) is 0 Å². The van der Waals surface area contributed by atoms with Crippen LogP contribution in [0.5, 0.6) is 5.75 Å². The molecule has 0 fully saturated rings. The maximum absolute atomic E-state index is 13.0. The summed E-state index contributed by atoms with van der Waals surface area (Å²) in [6, 6.07) is 5.02. The summed E-state index contributed by atoms with van der Waals surface area (Å²) in [5.74, 6) is 0.378. The van der Waals surface area contributed by atoms with Crippen molar-refractivity contribution in [3.05, 3.63) is 22.7 Å². The van der Waals surface area contributed by atoms with Crippen molar-refractivity contribution in [2.45, 2.75) is 51.0 Å². The Bertz CT molecular complexity index is 560. The highest BCUT2D eigenvalue weighted by atomic mass is 79.9. The van der Waals surface area contributed by atoms with Crippen LogP contribution in [-0.2, 0) is 10.0 Å². The first kappa shape index (κ1) is 18.5. The number of benzene rings is 1. The monoisotopic (exact) mass is 377 g/mol. The number of sulfonamides is 1. The predicted molar refractivity (Wildman–Crippen MR) is 89.2 cm³/mol. The highest BCUT2D eigenvalue weighted by molar-refractivity contribution is 9.10. The summed E-state index contributed by atoms with van der Waals surface area (Å²) < 4.78 is 33.5. The molecule has 1 unspecified atom stereocenters. The molecule has 0 amide bonds. The molecular weight excluding hydrogens is 354 g/mol. The fourth-order valence-corrected chi connectivity index (χ4v) is 4.51. The van der Waals surface area contributed by atoms with Crippen molar-refractivity contribution in [3.63, 3.8) is 0 Å². The Morgan fingerprint density at radius 3 is 2.52 bits per heavy atom. The fraction of sp³-hybridized carbons (Fsp3) is 0.600. The van der Waals surface area contributed by atoms with E-state index >= 15 is 0 Å². The van der Waals surface area contributed by atoms with Crippen LogP contribution in [0, 0.1) is 0 Å². The molecule has 1 rings (SSSR count). The summed E-state index contributed by atoms with van der Waals surface area (Å²) in [6.07, 6.45) is 2.58. The highest BCUT2D eigenvalue weighted by Gasteiger charge is 2.30. The van der Waals surface area contributed by atoms with Crippen molar-refractivity contribution in [3.8, 4) is 5.75 Å². The normalized spacial score (nSPS) is 13.4. The Morgan fingerprint density at radius 2 is 2.00 bits per heavy atom. The molecule has 0 spiro atoms. The number of unbranched alkanes of at least 4 members (excludes halogenated alkanes) is 1. The Kier molecular flexibility index (Phi) is 7.16. The zero-order valence-electron chi connectivity index (χ0n) is 13.1. The molecule has 0 aliphatic carbocycles. The molecule has 0 aliphatic rings. The second-order valence-electron chi connectivity index (χ2n) is 5.02. The lowest BCUT2D eigenvalue weighted by atomic mass is 10.2. The van der Waals surface area contributed by atoms with Gasteiger partial charge < -0.3 is 4.74 Å². The summed E-state index contributed by atoms with van der Waals surface area (Å²) in [7, 11) is -2.08. The molecule has 0 heterocycles. The van der Waals surface area contributed by atoms with E-state index in [1.807, 2.05) is 13.8 Å². The molecule has 1 aromatic carbocycles. The molecular formula is C15H24BrNO3S. The van der Waals surface area contributed by atoms with E-state index in [1.54, 1.807) is 22.5 Å². The van der Waals surface area contributed by atoms with E-state index in [4.69, 9.17) is 4.74 Å². The topological polar surface area (TPSA) is 46.6 Å². The highest BCUT2D eigenvalue weighted by Crippen LogP contribution is 2.31. The van der Waals surface area contributed by atoms with Crippen LogP contribution in [-0.4, -0.2) is 32.4 Å². The van der Waals surface area contributed by atoms with Gasteiger partial charge in [0.15, 0.2) is 0 Å². The molecule has 0 N–H and O–H groups in total. The Hall–Kier alpha value is -0.590. The van der Waals surface area contributed by atoms with Crippen LogP contribution in [0.2, 0.25) is 0 Å². The van der Waals surface area contributed by atoms with Crippen molar-refractivity contribution in [2.75, 3.05) is 13.7 Å². The molecule has 1 aromatic rings. The van der Waals surface area contributed by atoms with Crippen molar-refractivity contribution in [1.29, 1.82) is 0 Å². The van der Waals surface area contributed by atoms with Gasteiger partial charge in [-0.1, -0.05) is 36.2 Å². The lowest BCUT2D eigenvalue weighted by Crippen LogP contribution is -2.39. The Morgan fingerprint density at radius 1 is 1.33 bits per heavy atom. The predicted octanol–water partition coefficient (Wildman–Crippen LogP) is 4.05. The molecule has 1 atom stereocenters. The van der Waals surface area contributed by atoms with E-state index in [0.717, 1.165) is 23.7 Å². The number of hydrogen-bond acceptors (Lipinski definition) is 3. The van der Waals surface area contributed by atoms with Gasteiger partial charge in [-0.2, -0.15) is 4.31 Å². The van der Waals surface area contributed by atoms with Gasteiger partial charge in [0.05, 0.1) is 7.11 Å². The molecule has 120 valence electrons. The first-order valence-corrected chi connectivity index (χ1v) is 9.47. The van der Waals surface area contributed by atoms with E-state index in [1.165, 1.54) is 7.11 Å². The van der Waals surface area contributed by atoms with Gasteiger partial charge in [0, 0.05) is 17.1 Å². The number of hydrogen-bond donors (Lipinski definition) is 0. The second-order valence-corrected chi connectivity index (χ2v) is 7.80.